The maximum Gasteiger partial charge on any atom is 0.255 e. The molecule has 1 amide bonds. The molecular weight excluding hydrogens is 364 g/mol. The molecule has 29 heavy (non-hydrogen) atoms. The highest BCUT2D eigenvalue weighted by atomic mass is 16.5. The Morgan fingerprint density at radius 3 is 2.45 bits per heavy atom. The predicted molar refractivity (Wildman–Crippen MR) is 114 cm³/mol. The summed E-state index contributed by atoms with van der Waals surface area (Å²) in [6, 6.07) is 20.7. The van der Waals surface area contributed by atoms with E-state index < -0.39 is 0 Å². The number of benzene rings is 3. The van der Waals surface area contributed by atoms with Gasteiger partial charge in [-0.05, 0) is 73.5 Å². The largest absolute Gasteiger partial charge is 0.494 e. The number of hydrogen-bond donors (Lipinski definition) is 1. The van der Waals surface area contributed by atoms with E-state index in [0.29, 0.717) is 34.8 Å². The van der Waals surface area contributed by atoms with Crippen LogP contribution in [0.15, 0.2) is 71.1 Å². The van der Waals surface area contributed by atoms with Crippen LogP contribution in [0.2, 0.25) is 0 Å². The van der Waals surface area contributed by atoms with Crippen molar-refractivity contribution in [3.05, 3.63) is 77.9 Å². The molecule has 0 radical (unpaired) electrons. The second-order valence-electron chi connectivity index (χ2n) is 6.66. The molecule has 0 aliphatic heterocycles. The second-order valence-corrected chi connectivity index (χ2v) is 6.66. The summed E-state index contributed by atoms with van der Waals surface area (Å²) in [5.74, 6) is 1.12. The van der Waals surface area contributed by atoms with Gasteiger partial charge in [-0.15, -0.1) is 0 Å². The summed E-state index contributed by atoms with van der Waals surface area (Å²) in [6.45, 7) is 4.64. The van der Waals surface area contributed by atoms with Gasteiger partial charge in [0.15, 0.2) is 5.58 Å². The molecule has 5 nitrogen and oxygen atoms in total. The predicted octanol–water partition coefficient (Wildman–Crippen LogP) is 5.71. The molecule has 0 unspecified atom stereocenters. The van der Waals surface area contributed by atoms with Gasteiger partial charge in [0.2, 0.25) is 5.89 Å². The third kappa shape index (κ3) is 4.14. The lowest BCUT2D eigenvalue weighted by atomic mass is 10.1. The summed E-state index contributed by atoms with van der Waals surface area (Å²) in [5, 5.41) is 2.90. The van der Waals surface area contributed by atoms with Crippen LogP contribution in [-0.4, -0.2) is 17.5 Å². The average Bonchev–Trinajstić information content (AvgIpc) is 3.18. The minimum atomic E-state index is -0.189. The van der Waals surface area contributed by atoms with Crippen molar-refractivity contribution in [2.24, 2.45) is 0 Å². The molecule has 1 heterocycles. The molecule has 0 saturated carbocycles. The summed E-state index contributed by atoms with van der Waals surface area (Å²) >= 11 is 0. The number of nitrogens with one attached hydrogen (secondary N) is 1. The number of ether oxygens (including phenoxy) is 1. The Balaban J connectivity index is 1.53. The Kier molecular flexibility index (Phi) is 5.29. The fraction of sp³-hybridized carbons (Fsp3) is 0.167. The summed E-state index contributed by atoms with van der Waals surface area (Å²) in [5.41, 5.74) is 4.80. The van der Waals surface area contributed by atoms with Crippen molar-refractivity contribution < 1.29 is 13.9 Å². The summed E-state index contributed by atoms with van der Waals surface area (Å²) in [4.78, 5) is 17.1. The van der Waals surface area contributed by atoms with Crippen LogP contribution in [-0.2, 0) is 6.42 Å². The fourth-order valence-electron chi connectivity index (χ4n) is 3.08. The van der Waals surface area contributed by atoms with Crippen LogP contribution in [0.4, 0.5) is 5.69 Å². The molecule has 0 fully saturated rings. The number of oxazole rings is 1. The van der Waals surface area contributed by atoms with E-state index in [4.69, 9.17) is 9.15 Å². The number of anilines is 1. The van der Waals surface area contributed by atoms with E-state index in [9.17, 15) is 4.79 Å². The molecule has 5 heteroatoms. The van der Waals surface area contributed by atoms with Gasteiger partial charge in [-0.25, -0.2) is 4.98 Å². The Morgan fingerprint density at radius 1 is 1.00 bits per heavy atom. The van der Waals surface area contributed by atoms with Gasteiger partial charge in [0.25, 0.3) is 5.91 Å². The number of aryl methyl sites for hydroxylation is 1. The first-order chi connectivity index (χ1) is 14.2. The molecule has 0 saturated heterocycles. The molecule has 0 bridgehead atoms. The van der Waals surface area contributed by atoms with E-state index in [1.807, 2.05) is 37.3 Å². The number of hydrogen-bond acceptors (Lipinski definition) is 4. The minimum Gasteiger partial charge on any atom is -0.494 e. The van der Waals surface area contributed by atoms with Gasteiger partial charge in [-0.3, -0.25) is 4.79 Å². The highest BCUT2D eigenvalue weighted by Gasteiger charge is 2.11. The molecule has 4 aromatic rings. The number of carbonyl (C=O) groups excluding carboxylic acids is 1. The lowest BCUT2D eigenvalue weighted by molar-refractivity contribution is 0.102. The molecule has 0 spiro atoms. The third-order valence-corrected chi connectivity index (χ3v) is 4.68. The quantitative estimate of drug-likeness (QED) is 0.461. The van der Waals surface area contributed by atoms with E-state index in [1.165, 1.54) is 5.56 Å². The van der Waals surface area contributed by atoms with Gasteiger partial charge in [0.05, 0.1) is 6.61 Å². The first-order valence-electron chi connectivity index (χ1n) is 9.70. The van der Waals surface area contributed by atoms with E-state index >= 15 is 0 Å². The number of fused-ring (bicyclic) bond motifs is 1. The van der Waals surface area contributed by atoms with Gasteiger partial charge < -0.3 is 14.5 Å². The topological polar surface area (TPSA) is 64.4 Å². The van der Waals surface area contributed by atoms with E-state index in [1.54, 1.807) is 24.3 Å². The van der Waals surface area contributed by atoms with Crippen LogP contribution in [0.3, 0.4) is 0 Å². The first kappa shape index (κ1) is 18.7. The molecular formula is C24H22N2O3. The van der Waals surface area contributed by atoms with Crippen LogP contribution >= 0.6 is 0 Å². The first-order valence-corrected chi connectivity index (χ1v) is 9.70. The summed E-state index contributed by atoms with van der Waals surface area (Å²) in [6.07, 6.45) is 0.991. The maximum atomic E-state index is 12.5. The van der Waals surface area contributed by atoms with Crippen molar-refractivity contribution in [3.8, 4) is 17.2 Å². The van der Waals surface area contributed by atoms with Crippen molar-refractivity contribution in [1.29, 1.82) is 0 Å². The molecule has 0 aliphatic carbocycles. The zero-order chi connectivity index (χ0) is 20.2. The fourth-order valence-corrected chi connectivity index (χ4v) is 3.08. The summed E-state index contributed by atoms with van der Waals surface area (Å²) < 4.78 is 11.3. The van der Waals surface area contributed by atoms with Crippen LogP contribution in [0.5, 0.6) is 5.75 Å². The van der Waals surface area contributed by atoms with Crippen molar-refractivity contribution in [3.63, 3.8) is 0 Å². The van der Waals surface area contributed by atoms with Gasteiger partial charge >= 0.3 is 0 Å². The highest BCUT2D eigenvalue weighted by molar-refractivity contribution is 6.05. The number of amides is 1. The highest BCUT2D eigenvalue weighted by Crippen LogP contribution is 2.27. The van der Waals surface area contributed by atoms with Gasteiger partial charge in [-0.2, -0.15) is 0 Å². The van der Waals surface area contributed by atoms with Gasteiger partial charge in [0, 0.05) is 16.8 Å². The summed E-state index contributed by atoms with van der Waals surface area (Å²) in [7, 11) is 0. The third-order valence-electron chi connectivity index (χ3n) is 4.68. The SMILES string of the molecule is CCOc1ccc(C(=O)Nc2ccc3oc(-c4ccc(CC)cc4)nc3c2)cc1. The lowest BCUT2D eigenvalue weighted by Gasteiger charge is -2.06. The Morgan fingerprint density at radius 2 is 1.76 bits per heavy atom. The molecule has 0 atom stereocenters. The lowest BCUT2D eigenvalue weighted by Crippen LogP contribution is -2.11. The number of carbonyl (C=O) groups is 1. The monoisotopic (exact) mass is 386 g/mol. The molecule has 3 aromatic carbocycles. The van der Waals surface area contributed by atoms with Crippen molar-refractivity contribution in [1.82, 2.24) is 4.98 Å². The molecule has 1 N–H and O–H groups in total. The van der Waals surface area contributed by atoms with Crippen LogP contribution in [0, 0.1) is 0 Å². The maximum absolute atomic E-state index is 12.5. The average molecular weight is 386 g/mol. The van der Waals surface area contributed by atoms with Gasteiger partial charge in [0.1, 0.15) is 11.3 Å². The molecule has 0 aliphatic rings. The molecule has 146 valence electrons. The Labute approximate surface area is 169 Å². The van der Waals surface area contributed by atoms with Crippen molar-refractivity contribution in [2.75, 3.05) is 11.9 Å². The van der Waals surface area contributed by atoms with E-state index in [0.717, 1.165) is 17.7 Å². The van der Waals surface area contributed by atoms with Crippen molar-refractivity contribution >= 4 is 22.7 Å². The molecule has 1 aromatic heterocycles. The number of aromatic nitrogens is 1. The molecule has 4 rings (SSSR count). The Hall–Kier alpha value is -3.60. The standard InChI is InChI=1S/C24H22N2O3/c1-3-16-5-7-18(8-6-16)24-26-21-15-19(11-14-22(21)29-24)25-23(27)17-9-12-20(13-10-17)28-4-2/h5-15H,3-4H2,1-2H3,(H,25,27). The van der Waals surface area contributed by atoms with E-state index in [-0.39, 0.29) is 5.91 Å². The number of rotatable bonds is 6. The van der Waals surface area contributed by atoms with Crippen molar-refractivity contribution in [2.45, 2.75) is 20.3 Å². The van der Waals surface area contributed by atoms with Gasteiger partial charge in [-0.1, -0.05) is 19.1 Å². The Bertz CT molecular complexity index is 1130. The number of nitrogens with zero attached hydrogens (tertiary/aromatic N) is 1. The smallest absolute Gasteiger partial charge is 0.255 e. The second kappa shape index (κ2) is 8.19. The zero-order valence-electron chi connectivity index (χ0n) is 16.4. The van der Waals surface area contributed by atoms with Crippen LogP contribution in [0.25, 0.3) is 22.6 Å². The minimum absolute atomic E-state index is 0.189. The van der Waals surface area contributed by atoms with Crippen LogP contribution in [0.1, 0.15) is 29.8 Å². The van der Waals surface area contributed by atoms with Crippen LogP contribution < -0.4 is 10.1 Å². The van der Waals surface area contributed by atoms with E-state index in [2.05, 4.69) is 29.4 Å². The zero-order valence-corrected chi connectivity index (χ0v) is 16.4. The normalized spacial score (nSPS) is 10.8.